The Morgan fingerprint density at radius 1 is 1.38 bits per heavy atom. The molecule has 2 fully saturated rings. The zero-order valence-electron chi connectivity index (χ0n) is 14.2. The molecule has 0 saturated carbocycles. The lowest BCUT2D eigenvalue weighted by Gasteiger charge is -2.45. The van der Waals surface area contributed by atoms with Gasteiger partial charge in [-0.25, -0.2) is 0 Å². The summed E-state index contributed by atoms with van der Waals surface area (Å²) in [5.74, 6) is 0.966. The van der Waals surface area contributed by atoms with Gasteiger partial charge in [0, 0.05) is 31.9 Å². The van der Waals surface area contributed by atoms with Crippen LogP contribution in [0, 0.1) is 0 Å². The highest BCUT2D eigenvalue weighted by atomic mass is 32.2. The predicted octanol–water partition coefficient (Wildman–Crippen LogP) is 1.26. The highest BCUT2D eigenvalue weighted by Gasteiger charge is 2.46. The van der Waals surface area contributed by atoms with Crippen LogP contribution in [0.2, 0.25) is 0 Å². The van der Waals surface area contributed by atoms with Crippen LogP contribution in [-0.2, 0) is 11.3 Å². The molecule has 1 aromatic rings. The summed E-state index contributed by atoms with van der Waals surface area (Å²) >= 11 is 1.96. The van der Waals surface area contributed by atoms with Gasteiger partial charge in [0.1, 0.15) is 6.04 Å². The van der Waals surface area contributed by atoms with Gasteiger partial charge >= 0.3 is 0 Å². The van der Waals surface area contributed by atoms with Crippen LogP contribution in [0.4, 0.5) is 0 Å². The molecule has 3 N–H and O–H groups in total. The van der Waals surface area contributed by atoms with E-state index in [1.807, 2.05) is 22.7 Å². The van der Waals surface area contributed by atoms with Gasteiger partial charge in [0.2, 0.25) is 5.91 Å². The SMILES string of the molecule is CC(O)C(N)C(=O)N1CCCC2(C1)SCCN2Cc1ccccc1. The number of nitrogens with zero attached hydrogens (tertiary/aromatic N) is 2. The first kappa shape index (κ1) is 17.7. The van der Waals surface area contributed by atoms with Crippen LogP contribution >= 0.6 is 11.8 Å². The van der Waals surface area contributed by atoms with Crippen molar-refractivity contribution in [1.82, 2.24) is 9.80 Å². The van der Waals surface area contributed by atoms with Crippen LogP contribution in [0.15, 0.2) is 30.3 Å². The standard InChI is InChI=1S/C18H27N3O2S/c1-14(22)16(19)17(23)20-9-5-8-18(13-20)21(10-11-24-18)12-15-6-3-2-4-7-15/h2-4,6-7,14,16,22H,5,8-13,19H2,1H3. The van der Waals surface area contributed by atoms with E-state index < -0.39 is 12.1 Å². The van der Waals surface area contributed by atoms with E-state index in [2.05, 4.69) is 29.2 Å². The monoisotopic (exact) mass is 349 g/mol. The minimum absolute atomic E-state index is 0.0117. The molecule has 1 aromatic carbocycles. The third kappa shape index (κ3) is 3.61. The van der Waals surface area contributed by atoms with Gasteiger partial charge in [0.25, 0.3) is 0 Å². The number of hydrogen-bond donors (Lipinski definition) is 2. The fraction of sp³-hybridized carbons (Fsp3) is 0.611. The molecule has 0 radical (unpaired) electrons. The molecule has 2 aliphatic heterocycles. The van der Waals surface area contributed by atoms with Crippen LogP contribution in [0.1, 0.15) is 25.3 Å². The Kier molecular flexibility index (Phi) is 5.49. The summed E-state index contributed by atoms with van der Waals surface area (Å²) < 4.78 is 0. The number of piperidine rings is 1. The lowest BCUT2D eigenvalue weighted by atomic mass is 10.0. The number of aliphatic hydroxyl groups is 1. The van der Waals surface area contributed by atoms with Crippen molar-refractivity contribution in [1.29, 1.82) is 0 Å². The molecule has 2 heterocycles. The van der Waals surface area contributed by atoms with E-state index in [4.69, 9.17) is 5.73 Å². The third-order valence-corrected chi connectivity index (χ3v) is 6.59. The largest absolute Gasteiger partial charge is 0.391 e. The molecule has 3 unspecified atom stereocenters. The van der Waals surface area contributed by atoms with E-state index in [0.717, 1.165) is 38.2 Å². The van der Waals surface area contributed by atoms with Crippen molar-refractivity contribution in [3.63, 3.8) is 0 Å². The molecule has 1 amide bonds. The first-order chi connectivity index (χ1) is 11.5. The maximum Gasteiger partial charge on any atom is 0.242 e. The third-order valence-electron chi connectivity index (χ3n) is 5.07. The minimum Gasteiger partial charge on any atom is -0.391 e. The van der Waals surface area contributed by atoms with Gasteiger partial charge in [-0.2, -0.15) is 0 Å². The Balaban J connectivity index is 1.72. The Labute approximate surface area is 148 Å². The quantitative estimate of drug-likeness (QED) is 0.856. The van der Waals surface area contributed by atoms with Gasteiger partial charge in [0.05, 0.1) is 11.0 Å². The van der Waals surface area contributed by atoms with E-state index in [1.54, 1.807) is 6.92 Å². The second kappa shape index (κ2) is 7.44. The van der Waals surface area contributed by atoms with Crippen molar-refractivity contribution >= 4 is 17.7 Å². The van der Waals surface area contributed by atoms with Gasteiger partial charge in [-0.15, -0.1) is 11.8 Å². The highest BCUT2D eigenvalue weighted by molar-refractivity contribution is 8.00. The van der Waals surface area contributed by atoms with Crippen molar-refractivity contribution < 1.29 is 9.90 Å². The van der Waals surface area contributed by atoms with Gasteiger partial charge in [-0.1, -0.05) is 30.3 Å². The number of carbonyl (C=O) groups excluding carboxylic acids is 1. The summed E-state index contributed by atoms with van der Waals surface area (Å²) in [5.41, 5.74) is 7.18. The predicted molar refractivity (Wildman–Crippen MR) is 97.5 cm³/mol. The number of rotatable bonds is 4. The fourth-order valence-electron chi connectivity index (χ4n) is 3.65. The molecular formula is C18H27N3O2S. The Bertz CT molecular complexity index is 569. The number of thioether (sulfide) groups is 1. The molecule has 24 heavy (non-hydrogen) atoms. The smallest absolute Gasteiger partial charge is 0.242 e. The van der Waals surface area contributed by atoms with Gasteiger partial charge < -0.3 is 15.7 Å². The number of aliphatic hydroxyl groups excluding tert-OH is 1. The van der Waals surface area contributed by atoms with E-state index in [1.165, 1.54) is 5.56 Å². The second-order valence-corrected chi connectivity index (χ2v) is 8.29. The maximum atomic E-state index is 12.6. The molecule has 0 bridgehead atoms. The maximum absolute atomic E-state index is 12.6. The average Bonchev–Trinajstić information content (AvgIpc) is 2.96. The Morgan fingerprint density at radius 3 is 2.83 bits per heavy atom. The normalized spacial score (nSPS) is 27.4. The Hall–Kier alpha value is -1.08. The molecule has 3 atom stereocenters. The van der Waals surface area contributed by atoms with E-state index in [-0.39, 0.29) is 10.8 Å². The van der Waals surface area contributed by atoms with Crippen molar-refractivity contribution in [2.45, 2.75) is 43.3 Å². The first-order valence-corrected chi connectivity index (χ1v) is 9.66. The first-order valence-electron chi connectivity index (χ1n) is 8.67. The number of likely N-dealkylation sites (tertiary alicyclic amines) is 1. The molecule has 6 heteroatoms. The molecule has 132 valence electrons. The summed E-state index contributed by atoms with van der Waals surface area (Å²) in [6.07, 6.45) is 1.27. The van der Waals surface area contributed by atoms with Gasteiger partial charge in [-0.3, -0.25) is 9.69 Å². The Morgan fingerprint density at radius 2 is 2.12 bits per heavy atom. The fourth-order valence-corrected chi connectivity index (χ4v) is 5.22. The van der Waals surface area contributed by atoms with Crippen LogP contribution in [0.25, 0.3) is 0 Å². The summed E-state index contributed by atoms with van der Waals surface area (Å²) in [7, 11) is 0. The molecule has 3 rings (SSSR count). The van der Waals surface area contributed by atoms with Crippen molar-refractivity contribution in [2.24, 2.45) is 5.73 Å². The van der Waals surface area contributed by atoms with E-state index in [9.17, 15) is 9.90 Å². The van der Waals surface area contributed by atoms with Crippen LogP contribution in [0.5, 0.6) is 0 Å². The number of amides is 1. The lowest BCUT2D eigenvalue weighted by molar-refractivity contribution is -0.137. The van der Waals surface area contributed by atoms with Crippen LogP contribution < -0.4 is 5.73 Å². The topological polar surface area (TPSA) is 69.8 Å². The zero-order valence-corrected chi connectivity index (χ0v) is 15.0. The average molecular weight is 350 g/mol. The number of benzene rings is 1. The van der Waals surface area contributed by atoms with Crippen molar-refractivity contribution in [2.75, 3.05) is 25.4 Å². The van der Waals surface area contributed by atoms with Crippen LogP contribution in [-0.4, -0.2) is 63.2 Å². The van der Waals surface area contributed by atoms with Gasteiger partial charge in [-0.05, 0) is 25.3 Å². The number of carbonyl (C=O) groups is 1. The second-order valence-electron chi connectivity index (χ2n) is 6.83. The highest BCUT2D eigenvalue weighted by Crippen LogP contribution is 2.43. The van der Waals surface area contributed by atoms with Crippen LogP contribution in [0.3, 0.4) is 0 Å². The molecule has 2 saturated heterocycles. The van der Waals surface area contributed by atoms with Gasteiger partial charge in [0.15, 0.2) is 0 Å². The molecule has 0 aromatic heterocycles. The summed E-state index contributed by atoms with van der Waals surface area (Å²) in [6.45, 7) is 4.97. The minimum atomic E-state index is -0.825. The molecule has 0 aliphatic carbocycles. The van der Waals surface area contributed by atoms with E-state index in [0.29, 0.717) is 6.54 Å². The van der Waals surface area contributed by atoms with Crippen molar-refractivity contribution in [3.8, 4) is 0 Å². The summed E-state index contributed by atoms with van der Waals surface area (Å²) in [5, 5.41) is 9.64. The molecule has 5 nitrogen and oxygen atoms in total. The summed E-state index contributed by atoms with van der Waals surface area (Å²) in [6, 6.07) is 9.68. The van der Waals surface area contributed by atoms with Crippen molar-refractivity contribution in [3.05, 3.63) is 35.9 Å². The van der Waals surface area contributed by atoms with E-state index >= 15 is 0 Å². The number of nitrogens with two attached hydrogens (primary N) is 1. The molecule has 2 aliphatic rings. The molecule has 1 spiro atoms. The zero-order chi connectivity index (χ0) is 17.2. The number of hydrogen-bond acceptors (Lipinski definition) is 5. The molecular weight excluding hydrogens is 322 g/mol. The summed E-state index contributed by atoms with van der Waals surface area (Å²) in [4.78, 5) is 16.9. The lowest BCUT2D eigenvalue weighted by Crippen LogP contribution is -2.59.